The highest BCUT2D eigenvalue weighted by Gasteiger charge is 2.22. The topological polar surface area (TPSA) is 69.0 Å². The Hall–Kier alpha value is -2.67. The second-order valence-corrected chi connectivity index (χ2v) is 6.79. The van der Waals surface area contributed by atoms with E-state index in [1.54, 1.807) is 11.0 Å². The van der Waals surface area contributed by atoms with Gasteiger partial charge < -0.3 is 10.1 Å². The second kappa shape index (κ2) is 6.09. The summed E-state index contributed by atoms with van der Waals surface area (Å²) in [6, 6.07) is 9.81. The minimum Gasteiger partial charge on any atom is -0.488 e. The Balaban J connectivity index is 1.52. The van der Waals surface area contributed by atoms with Gasteiger partial charge in [-0.3, -0.25) is 9.48 Å². The third-order valence-electron chi connectivity index (χ3n) is 3.85. The van der Waals surface area contributed by atoms with E-state index in [1.165, 1.54) is 17.7 Å². The fraction of sp³-hybridized carbons (Fsp3) is 0.235. The van der Waals surface area contributed by atoms with Crippen molar-refractivity contribution in [1.29, 1.82) is 0 Å². The molecule has 4 rings (SSSR count). The Morgan fingerprint density at radius 2 is 2.33 bits per heavy atom. The lowest BCUT2D eigenvalue weighted by molar-refractivity contribution is 0.0940. The maximum absolute atomic E-state index is 12.5. The van der Waals surface area contributed by atoms with Gasteiger partial charge in [-0.1, -0.05) is 12.1 Å². The molecule has 3 heterocycles. The van der Waals surface area contributed by atoms with Crippen LogP contribution in [0, 0.1) is 0 Å². The average Bonchev–Trinajstić information content (AvgIpc) is 3.23. The van der Waals surface area contributed by atoms with Crippen LogP contribution in [0.2, 0.25) is 0 Å². The van der Waals surface area contributed by atoms with Gasteiger partial charge in [0.05, 0.1) is 11.4 Å². The molecule has 1 unspecified atom stereocenters. The highest BCUT2D eigenvalue weighted by atomic mass is 32.1. The van der Waals surface area contributed by atoms with Crippen LogP contribution >= 0.6 is 11.3 Å². The number of thiophene rings is 1. The highest BCUT2D eigenvalue weighted by Crippen LogP contribution is 2.42. The van der Waals surface area contributed by atoms with Gasteiger partial charge in [0.25, 0.3) is 5.91 Å². The summed E-state index contributed by atoms with van der Waals surface area (Å²) in [4.78, 5) is 18.2. The lowest BCUT2D eigenvalue weighted by atomic mass is 10.1. The molecule has 0 spiro atoms. The Morgan fingerprint density at radius 1 is 1.46 bits per heavy atom. The molecule has 3 aromatic rings. The van der Waals surface area contributed by atoms with Gasteiger partial charge in [-0.05, 0) is 25.1 Å². The molecule has 0 fully saturated rings. The molecule has 0 saturated carbocycles. The molecule has 0 aliphatic carbocycles. The number of carbonyl (C=O) groups excluding carboxylic acids is 1. The predicted octanol–water partition coefficient (Wildman–Crippen LogP) is 2.72. The zero-order chi connectivity index (χ0) is 16.5. The maximum Gasteiger partial charge on any atom is 0.261 e. The van der Waals surface area contributed by atoms with Crippen LogP contribution in [0.25, 0.3) is 10.4 Å². The first-order valence-corrected chi connectivity index (χ1v) is 8.50. The van der Waals surface area contributed by atoms with Gasteiger partial charge in [-0.25, -0.2) is 4.98 Å². The molecule has 1 aliphatic rings. The molecule has 7 heteroatoms. The summed E-state index contributed by atoms with van der Waals surface area (Å²) in [5, 5.41) is 7.06. The van der Waals surface area contributed by atoms with Crippen molar-refractivity contribution in [3.05, 3.63) is 53.4 Å². The van der Waals surface area contributed by atoms with Crippen molar-refractivity contribution >= 4 is 17.2 Å². The van der Waals surface area contributed by atoms with Crippen molar-refractivity contribution in [3.63, 3.8) is 0 Å². The molecule has 1 aromatic carbocycles. The van der Waals surface area contributed by atoms with E-state index < -0.39 is 0 Å². The molecular formula is C17H16N4O2S. The summed E-state index contributed by atoms with van der Waals surface area (Å²) < 4.78 is 7.45. The van der Waals surface area contributed by atoms with Crippen LogP contribution in [0.1, 0.15) is 22.2 Å². The van der Waals surface area contributed by atoms with Crippen LogP contribution < -0.4 is 10.1 Å². The molecule has 1 amide bonds. The van der Waals surface area contributed by atoms with Gasteiger partial charge in [-0.2, -0.15) is 5.10 Å². The number of amides is 1. The fourth-order valence-corrected chi connectivity index (χ4v) is 3.86. The van der Waals surface area contributed by atoms with E-state index in [-0.39, 0.29) is 11.9 Å². The number of fused-ring (bicyclic) bond motifs is 3. The first kappa shape index (κ1) is 14.9. The van der Waals surface area contributed by atoms with Gasteiger partial charge >= 0.3 is 0 Å². The van der Waals surface area contributed by atoms with E-state index in [0.29, 0.717) is 18.0 Å². The van der Waals surface area contributed by atoms with E-state index in [9.17, 15) is 4.79 Å². The van der Waals surface area contributed by atoms with Crippen LogP contribution in [0.4, 0.5) is 0 Å². The zero-order valence-electron chi connectivity index (χ0n) is 13.1. The monoisotopic (exact) mass is 340 g/mol. The molecule has 0 radical (unpaired) electrons. The number of ether oxygens (including phenoxy) is 1. The van der Waals surface area contributed by atoms with Crippen LogP contribution in [0.5, 0.6) is 5.75 Å². The van der Waals surface area contributed by atoms with Crippen molar-refractivity contribution in [3.8, 4) is 16.2 Å². The zero-order valence-corrected chi connectivity index (χ0v) is 13.9. The van der Waals surface area contributed by atoms with Gasteiger partial charge in [0.2, 0.25) is 0 Å². The number of nitrogens with zero attached hydrogens (tertiary/aromatic N) is 3. The van der Waals surface area contributed by atoms with Gasteiger partial charge in [0.15, 0.2) is 0 Å². The number of hydrogen-bond donors (Lipinski definition) is 1. The minimum atomic E-state index is -0.0699. The van der Waals surface area contributed by atoms with Crippen LogP contribution in [-0.2, 0) is 13.2 Å². The average molecular weight is 340 g/mol. The number of benzene rings is 1. The normalized spacial score (nSPS) is 13.5. The van der Waals surface area contributed by atoms with E-state index in [0.717, 1.165) is 21.8 Å². The van der Waals surface area contributed by atoms with E-state index in [2.05, 4.69) is 15.4 Å². The Bertz CT molecular complexity index is 873. The molecule has 6 nitrogen and oxygen atoms in total. The molecule has 0 saturated heterocycles. The minimum absolute atomic E-state index is 0.0399. The van der Waals surface area contributed by atoms with Crippen molar-refractivity contribution in [1.82, 2.24) is 20.1 Å². The maximum atomic E-state index is 12.5. The van der Waals surface area contributed by atoms with Crippen molar-refractivity contribution in [2.75, 3.05) is 0 Å². The molecule has 1 aliphatic heterocycles. The van der Waals surface area contributed by atoms with E-state index in [4.69, 9.17) is 4.74 Å². The number of carbonyl (C=O) groups is 1. The second-order valence-electron chi connectivity index (χ2n) is 5.74. The molecule has 1 atom stereocenters. The summed E-state index contributed by atoms with van der Waals surface area (Å²) in [5.41, 5.74) is 2.12. The number of rotatable bonds is 4. The third kappa shape index (κ3) is 2.78. The fourth-order valence-electron chi connectivity index (χ4n) is 2.76. The first-order chi connectivity index (χ1) is 11.7. The van der Waals surface area contributed by atoms with Crippen LogP contribution in [-0.4, -0.2) is 26.7 Å². The van der Waals surface area contributed by atoms with Gasteiger partial charge in [-0.15, -0.1) is 11.3 Å². The van der Waals surface area contributed by atoms with E-state index in [1.807, 2.05) is 37.3 Å². The quantitative estimate of drug-likeness (QED) is 0.793. The number of para-hydroxylation sites is 1. The Morgan fingerprint density at radius 3 is 3.17 bits per heavy atom. The summed E-state index contributed by atoms with van der Waals surface area (Å²) in [6.45, 7) is 3.04. The highest BCUT2D eigenvalue weighted by molar-refractivity contribution is 7.17. The SMILES string of the molecule is CC(Cn1cncn1)NC(=O)c1cc2c(s1)-c1ccccc1OC2. The molecule has 1 N–H and O–H groups in total. The number of aromatic nitrogens is 3. The predicted molar refractivity (Wildman–Crippen MR) is 91.0 cm³/mol. The lowest BCUT2D eigenvalue weighted by Crippen LogP contribution is -2.35. The standard InChI is InChI=1S/C17H16N4O2S/c1-11(7-21-10-18-9-19-21)20-17(22)15-6-12-8-23-14-5-3-2-4-13(14)16(12)24-15/h2-6,9-11H,7-8H2,1H3,(H,20,22). The van der Waals surface area contributed by atoms with Gasteiger partial charge in [0.1, 0.15) is 25.0 Å². The number of nitrogens with one attached hydrogen (secondary N) is 1. The molecule has 24 heavy (non-hydrogen) atoms. The Kier molecular flexibility index (Phi) is 3.78. The van der Waals surface area contributed by atoms with Crippen molar-refractivity contribution in [2.24, 2.45) is 0 Å². The molecule has 0 bridgehead atoms. The molecular weight excluding hydrogens is 324 g/mol. The van der Waals surface area contributed by atoms with Crippen LogP contribution in [0.15, 0.2) is 43.0 Å². The Labute approximate surface area is 143 Å². The van der Waals surface area contributed by atoms with Crippen LogP contribution in [0.3, 0.4) is 0 Å². The lowest BCUT2D eigenvalue weighted by Gasteiger charge is -2.16. The smallest absolute Gasteiger partial charge is 0.261 e. The summed E-state index contributed by atoms with van der Waals surface area (Å²) in [7, 11) is 0. The third-order valence-corrected chi connectivity index (χ3v) is 5.06. The molecule has 122 valence electrons. The summed E-state index contributed by atoms with van der Waals surface area (Å²) in [5.74, 6) is 0.804. The first-order valence-electron chi connectivity index (χ1n) is 7.69. The summed E-state index contributed by atoms with van der Waals surface area (Å²) >= 11 is 1.51. The summed E-state index contributed by atoms with van der Waals surface area (Å²) in [6.07, 6.45) is 3.13. The van der Waals surface area contributed by atoms with Crippen molar-refractivity contribution < 1.29 is 9.53 Å². The number of hydrogen-bond acceptors (Lipinski definition) is 5. The molecule has 2 aromatic heterocycles. The largest absolute Gasteiger partial charge is 0.488 e. The van der Waals surface area contributed by atoms with E-state index >= 15 is 0 Å². The van der Waals surface area contributed by atoms with Gasteiger partial charge in [0, 0.05) is 22.0 Å². The van der Waals surface area contributed by atoms with Crippen molar-refractivity contribution in [2.45, 2.75) is 26.1 Å².